The number of rotatable bonds is 0. The monoisotopic (exact) mass is 250 g/mol. The third-order valence-electron chi connectivity index (χ3n) is 5.34. The molecule has 0 amide bonds. The average molecular weight is 250 g/mol. The molecule has 0 radical (unpaired) electrons. The number of carbonyl (C=O) groups excluding carboxylic acids is 1. The normalized spacial score (nSPS) is 62.9. The second-order valence-electron chi connectivity index (χ2n) is 6.18. The molecule has 5 aliphatic rings. The first kappa shape index (κ1) is 9.95. The summed E-state index contributed by atoms with van der Waals surface area (Å²) in [6.07, 6.45) is 4.14. The largest absolute Gasteiger partial charge is 0.452 e. The minimum atomic E-state index is -0.658. The summed E-state index contributed by atoms with van der Waals surface area (Å²) in [6, 6.07) is 0. The maximum atomic E-state index is 11.8. The Morgan fingerprint density at radius 2 is 2.28 bits per heavy atom. The Morgan fingerprint density at radius 3 is 3.17 bits per heavy atom. The molecule has 5 nitrogen and oxygen atoms in total. The zero-order chi connectivity index (χ0) is 12.2. The first-order chi connectivity index (χ1) is 8.60. The Morgan fingerprint density at radius 1 is 1.39 bits per heavy atom. The van der Waals surface area contributed by atoms with Crippen LogP contribution in [-0.4, -0.2) is 48.2 Å². The van der Waals surface area contributed by atoms with Crippen molar-refractivity contribution in [1.29, 1.82) is 0 Å². The first-order valence-corrected chi connectivity index (χ1v) is 6.44. The molecule has 2 bridgehead atoms. The third-order valence-corrected chi connectivity index (χ3v) is 5.34. The van der Waals surface area contributed by atoms with Crippen LogP contribution in [0.3, 0.4) is 0 Å². The topological polar surface area (TPSA) is 54.0 Å². The van der Waals surface area contributed by atoms with Gasteiger partial charge in [0.2, 0.25) is 0 Å². The molecule has 0 aromatic heterocycles. The van der Waals surface area contributed by atoms with Gasteiger partial charge in [0.15, 0.2) is 5.60 Å². The van der Waals surface area contributed by atoms with Crippen LogP contribution in [0.5, 0.6) is 0 Å². The van der Waals surface area contributed by atoms with Crippen molar-refractivity contribution in [2.45, 2.75) is 42.4 Å². The smallest absolute Gasteiger partial charge is 0.309 e. The van der Waals surface area contributed by atoms with Gasteiger partial charge in [0.25, 0.3) is 0 Å². The second kappa shape index (κ2) is 2.53. The van der Waals surface area contributed by atoms with E-state index in [0.29, 0.717) is 19.6 Å². The van der Waals surface area contributed by atoms with E-state index < -0.39 is 16.8 Å². The van der Waals surface area contributed by atoms with Crippen molar-refractivity contribution in [2.75, 3.05) is 13.2 Å². The van der Waals surface area contributed by atoms with Gasteiger partial charge >= 0.3 is 5.97 Å². The standard InChI is InChI=1S/C13H14O5/c1-11-4-9(14)17-13(11)8-5-15-6-12(8)3-2-7(16-11)10(13)18-12/h2-3,7-8,10H,4-6H2,1H3/t7-,8-,10+,11-,12+,13-/m0/s1. The van der Waals surface area contributed by atoms with Crippen molar-refractivity contribution in [3.63, 3.8) is 0 Å². The number of ether oxygens (including phenoxy) is 4. The first-order valence-electron chi connectivity index (χ1n) is 6.44. The van der Waals surface area contributed by atoms with E-state index in [2.05, 4.69) is 6.08 Å². The fourth-order valence-electron chi connectivity index (χ4n) is 4.66. The number of hydrogen-bond donors (Lipinski definition) is 0. The molecule has 0 aromatic rings. The van der Waals surface area contributed by atoms with Gasteiger partial charge in [-0.3, -0.25) is 4.79 Å². The Hall–Kier alpha value is -0.910. The minimum absolute atomic E-state index is 0.0511. The highest BCUT2D eigenvalue weighted by molar-refractivity contribution is 5.76. The molecular weight excluding hydrogens is 236 g/mol. The van der Waals surface area contributed by atoms with Crippen molar-refractivity contribution in [2.24, 2.45) is 5.92 Å². The van der Waals surface area contributed by atoms with Crippen molar-refractivity contribution in [1.82, 2.24) is 0 Å². The summed E-state index contributed by atoms with van der Waals surface area (Å²) in [5.74, 6) is -0.135. The van der Waals surface area contributed by atoms with Crippen LogP contribution < -0.4 is 0 Å². The fourth-order valence-corrected chi connectivity index (χ4v) is 4.66. The third kappa shape index (κ3) is 0.753. The van der Waals surface area contributed by atoms with Crippen LogP contribution in [0.1, 0.15) is 13.3 Å². The summed E-state index contributed by atoms with van der Waals surface area (Å²) in [5, 5.41) is 0. The molecule has 0 unspecified atom stereocenters. The lowest BCUT2D eigenvalue weighted by Crippen LogP contribution is -2.55. The van der Waals surface area contributed by atoms with Gasteiger partial charge in [-0.05, 0) is 6.92 Å². The predicted molar refractivity (Wildman–Crippen MR) is 57.8 cm³/mol. The van der Waals surface area contributed by atoms with Crippen LogP contribution >= 0.6 is 0 Å². The van der Waals surface area contributed by atoms with Gasteiger partial charge in [-0.1, -0.05) is 12.2 Å². The molecule has 4 fully saturated rings. The molecule has 4 saturated heterocycles. The molecule has 18 heavy (non-hydrogen) atoms. The van der Waals surface area contributed by atoms with E-state index in [4.69, 9.17) is 18.9 Å². The molecular formula is C13H14O5. The van der Waals surface area contributed by atoms with Crippen molar-refractivity contribution in [3.05, 3.63) is 12.2 Å². The number of hydrogen-bond acceptors (Lipinski definition) is 5. The lowest BCUT2D eigenvalue weighted by atomic mass is 9.71. The lowest BCUT2D eigenvalue weighted by molar-refractivity contribution is -0.159. The minimum Gasteiger partial charge on any atom is -0.452 e. The summed E-state index contributed by atoms with van der Waals surface area (Å²) in [7, 11) is 0. The zero-order valence-electron chi connectivity index (χ0n) is 10.0. The van der Waals surface area contributed by atoms with Crippen LogP contribution in [0.15, 0.2) is 12.2 Å². The molecule has 2 spiro atoms. The Balaban J connectivity index is 1.79. The molecule has 0 aromatic carbocycles. The Labute approximate surface area is 104 Å². The average Bonchev–Trinajstić information content (AvgIpc) is 2.91. The Kier molecular flexibility index (Phi) is 1.40. The molecule has 0 N–H and O–H groups in total. The second-order valence-corrected chi connectivity index (χ2v) is 6.18. The molecule has 5 aliphatic heterocycles. The van der Waals surface area contributed by atoms with E-state index in [9.17, 15) is 4.79 Å². The number of carbonyl (C=O) groups is 1. The van der Waals surface area contributed by atoms with Crippen LogP contribution in [0, 0.1) is 5.92 Å². The lowest BCUT2D eigenvalue weighted by Gasteiger charge is -2.37. The van der Waals surface area contributed by atoms with Gasteiger partial charge < -0.3 is 18.9 Å². The van der Waals surface area contributed by atoms with Crippen molar-refractivity contribution >= 4 is 5.97 Å². The van der Waals surface area contributed by atoms with Gasteiger partial charge in [-0.25, -0.2) is 0 Å². The molecule has 5 rings (SSSR count). The van der Waals surface area contributed by atoms with Crippen molar-refractivity contribution in [3.8, 4) is 0 Å². The Bertz CT molecular complexity index is 502. The van der Waals surface area contributed by atoms with Gasteiger partial charge in [0, 0.05) is 0 Å². The SMILES string of the molecule is C[C@]12CC(=O)O[C@@]13[C@@H]1O[C@]4(C=C[C@@H]1O2)COC[C@H]34. The van der Waals surface area contributed by atoms with Crippen LogP contribution in [0.4, 0.5) is 0 Å². The molecule has 96 valence electrons. The van der Waals surface area contributed by atoms with E-state index in [0.717, 1.165) is 0 Å². The summed E-state index contributed by atoms with van der Waals surface area (Å²) in [4.78, 5) is 11.8. The highest BCUT2D eigenvalue weighted by atomic mass is 16.7. The summed E-state index contributed by atoms with van der Waals surface area (Å²) >= 11 is 0. The predicted octanol–water partition coefficient (Wildman–Crippen LogP) is 0.183. The van der Waals surface area contributed by atoms with Crippen molar-refractivity contribution < 1.29 is 23.7 Å². The molecule has 6 atom stereocenters. The van der Waals surface area contributed by atoms with Crippen LogP contribution in [-0.2, 0) is 23.7 Å². The summed E-state index contributed by atoms with van der Waals surface area (Å²) in [5.41, 5.74) is -1.64. The molecule has 5 heteroatoms. The van der Waals surface area contributed by atoms with Gasteiger partial charge in [0.05, 0.1) is 25.6 Å². The van der Waals surface area contributed by atoms with E-state index in [1.54, 1.807) is 0 Å². The maximum absolute atomic E-state index is 11.8. The highest BCUT2D eigenvalue weighted by Crippen LogP contribution is 2.65. The summed E-state index contributed by atoms with van der Waals surface area (Å²) in [6.45, 7) is 3.09. The van der Waals surface area contributed by atoms with Gasteiger partial charge in [0.1, 0.15) is 23.4 Å². The fraction of sp³-hybridized carbons (Fsp3) is 0.769. The number of esters is 1. The summed E-state index contributed by atoms with van der Waals surface area (Å²) < 4.78 is 23.7. The van der Waals surface area contributed by atoms with Gasteiger partial charge in [-0.15, -0.1) is 0 Å². The van der Waals surface area contributed by atoms with E-state index in [1.165, 1.54) is 0 Å². The molecule has 0 saturated carbocycles. The quantitative estimate of drug-likeness (QED) is 0.453. The van der Waals surface area contributed by atoms with E-state index >= 15 is 0 Å². The zero-order valence-corrected chi connectivity index (χ0v) is 10.0. The molecule has 5 heterocycles. The molecule has 0 aliphatic carbocycles. The van der Waals surface area contributed by atoms with E-state index in [1.807, 2.05) is 13.0 Å². The van der Waals surface area contributed by atoms with Crippen LogP contribution in [0.2, 0.25) is 0 Å². The van der Waals surface area contributed by atoms with Gasteiger partial charge in [-0.2, -0.15) is 0 Å². The van der Waals surface area contributed by atoms with E-state index in [-0.39, 0.29) is 24.1 Å². The maximum Gasteiger partial charge on any atom is 0.309 e. The van der Waals surface area contributed by atoms with Crippen LogP contribution in [0.25, 0.3) is 0 Å². The highest BCUT2D eigenvalue weighted by Gasteiger charge is 2.82.